The number of hydrogen-bond acceptors (Lipinski definition) is 2. The number of nitrogens with zero attached hydrogens (tertiary/aromatic N) is 1. The molecule has 3 aliphatic rings. The molecule has 0 saturated carbocycles. The smallest absolute Gasteiger partial charge is 0.0579 e. The molecule has 2 heterocycles. The fourth-order valence-corrected chi connectivity index (χ4v) is 4.69. The van der Waals surface area contributed by atoms with E-state index in [-0.39, 0.29) is 0 Å². The minimum absolute atomic E-state index is 0.405. The Balaban J connectivity index is 1.82. The van der Waals surface area contributed by atoms with E-state index < -0.39 is 0 Å². The highest BCUT2D eigenvalue weighted by atomic mass is 15.1. The first kappa shape index (κ1) is 15.7. The van der Waals surface area contributed by atoms with E-state index in [1.807, 2.05) is 0 Å². The Morgan fingerprint density at radius 1 is 1.12 bits per heavy atom. The fourth-order valence-electron chi connectivity index (χ4n) is 4.69. The molecule has 24 heavy (non-hydrogen) atoms. The third-order valence-corrected chi connectivity index (χ3v) is 6.03. The summed E-state index contributed by atoms with van der Waals surface area (Å²) in [5, 5.41) is 3.69. The molecule has 126 valence electrons. The van der Waals surface area contributed by atoms with Crippen molar-refractivity contribution >= 4 is 5.57 Å². The molecule has 1 N–H and O–H groups in total. The van der Waals surface area contributed by atoms with Crippen molar-refractivity contribution in [2.75, 3.05) is 20.1 Å². The van der Waals surface area contributed by atoms with E-state index in [0.29, 0.717) is 12.0 Å². The van der Waals surface area contributed by atoms with Crippen molar-refractivity contribution in [3.05, 3.63) is 64.9 Å². The summed E-state index contributed by atoms with van der Waals surface area (Å²) < 4.78 is 0. The lowest BCUT2D eigenvalue weighted by Gasteiger charge is -2.39. The zero-order valence-corrected chi connectivity index (χ0v) is 15.0. The van der Waals surface area contributed by atoms with Gasteiger partial charge >= 0.3 is 0 Å². The average Bonchev–Trinajstić information content (AvgIpc) is 2.70. The van der Waals surface area contributed by atoms with E-state index in [1.165, 1.54) is 48.2 Å². The standard InChI is InChI=1S/C22H28N2/c1-15-6-7-19-20(13-15)16(2)14-18-5-4-10-23-22(18)21(19)17-8-11-24(3)12-9-17/h4-7,10,13-14,17,21-23H,8-9,11-12H2,1-3H3. The third-order valence-electron chi connectivity index (χ3n) is 6.03. The van der Waals surface area contributed by atoms with Gasteiger partial charge in [-0.3, -0.25) is 0 Å². The summed E-state index contributed by atoms with van der Waals surface area (Å²) in [4.78, 5) is 2.47. The molecule has 0 aromatic heterocycles. The molecule has 0 amide bonds. The summed E-state index contributed by atoms with van der Waals surface area (Å²) >= 11 is 0. The molecule has 1 aromatic carbocycles. The molecule has 1 fully saturated rings. The molecule has 2 nitrogen and oxygen atoms in total. The van der Waals surface area contributed by atoms with Crippen molar-refractivity contribution in [3.63, 3.8) is 0 Å². The van der Waals surface area contributed by atoms with Crippen molar-refractivity contribution in [2.24, 2.45) is 5.92 Å². The second kappa shape index (κ2) is 6.25. The Labute approximate surface area is 145 Å². The van der Waals surface area contributed by atoms with Crippen LogP contribution in [-0.2, 0) is 0 Å². The van der Waals surface area contributed by atoms with Gasteiger partial charge in [0.2, 0.25) is 0 Å². The molecule has 1 saturated heterocycles. The highest BCUT2D eigenvalue weighted by Gasteiger charge is 2.37. The number of dihydropyridines is 1. The number of allylic oxidation sites excluding steroid dienone is 3. The quantitative estimate of drug-likeness (QED) is 0.832. The number of hydrogen-bond donors (Lipinski definition) is 1. The molecule has 2 aliphatic heterocycles. The lowest BCUT2D eigenvalue weighted by atomic mass is 9.73. The molecule has 4 rings (SSSR count). The monoisotopic (exact) mass is 320 g/mol. The van der Waals surface area contributed by atoms with E-state index in [1.54, 1.807) is 5.56 Å². The molecule has 2 atom stereocenters. The van der Waals surface area contributed by atoms with Crippen LogP contribution >= 0.6 is 0 Å². The van der Waals surface area contributed by atoms with Crippen molar-refractivity contribution < 1.29 is 0 Å². The third kappa shape index (κ3) is 2.73. The minimum Gasteiger partial charge on any atom is -0.383 e. The molecule has 2 unspecified atom stereocenters. The van der Waals surface area contributed by atoms with Crippen molar-refractivity contribution in [1.29, 1.82) is 0 Å². The van der Waals surface area contributed by atoms with Crippen molar-refractivity contribution in [2.45, 2.75) is 38.6 Å². The maximum Gasteiger partial charge on any atom is 0.0579 e. The zero-order valence-electron chi connectivity index (χ0n) is 15.0. The summed E-state index contributed by atoms with van der Waals surface area (Å²) in [6.07, 6.45) is 11.5. The van der Waals surface area contributed by atoms with Crippen LogP contribution in [-0.4, -0.2) is 31.1 Å². The lowest BCUT2D eigenvalue weighted by molar-refractivity contribution is 0.188. The van der Waals surface area contributed by atoms with Crippen LogP contribution in [0.1, 0.15) is 42.4 Å². The van der Waals surface area contributed by atoms with Gasteiger partial charge in [-0.2, -0.15) is 0 Å². The molecule has 0 spiro atoms. The van der Waals surface area contributed by atoms with Crippen LogP contribution in [0.4, 0.5) is 0 Å². The summed E-state index contributed by atoms with van der Waals surface area (Å²) in [5.41, 5.74) is 7.19. The normalized spacial score (nSPS) is 27.5. The SMILES string of the molecule is CC1=CC2=CC=CNC2C(C2CCN(C)CC2)c2ccc(C)cc21. The Hall–Kier alpha value is -1.80. The summed E-state index contributed by atoms with van der Waals surface area (Å²) in [7, 11) is 2.25. The van der Waals surface area contributed by atoms with Crippen LogP contribution in [0.3, 0.4) is 0 Å². The first-order valence-corrected chi connectivity index (χ1v) is 9.24. The van der Waals surface area contributed by atoms with Crippen LogP contribution in [0.25, 0.3) is 5.57 Å². The molecular weight excluding hydrogens is 292 g/mol. The number of nitrogens with one attached hydrogen (secondary N) is 1. The van der Waals surface area contributed by atoms with Gasteiger partial charge in [0, 0.05) is 5.92 Å². The van der Waals surface area contributed by atoms with Gasteiger partial charge in [-0.15, -0.1) is 0 Å². The molecule has 1 aliphatic carbocycles. The summed E-state index contributed by atoms with van der Waals surface area (Å²) in [6.45, 7) is 6.91. The number of likely N-dealkylation sites (tertiary alicyclic amines) is 1. The van der Waals surface area contributed by atoms with E-state index in [2.05, 4.69) is 73.7 Å². The Morgan fingerprint density at radius 2 is 1.92 bits per heavy atom. The van der Waals surface area contributed by atoms with Gasteiger partial charge in [-0.05, 0) is 87.3 Å². The van der Waals surface area contributed by atoms with Gasteiger partial charge in [-0.25, -0.2) is 0 Å². The van der Waals surface area contributed by atoms with Crippen LogP contribution < -0.4 is 5.32 Å². The van der Waals surface area contributed by atoms with Gasteiger partial charge < -0.3 is 10.2 Å². The largest absolute Gasteiger partial charge is 0.383 e. The number of benzene rings is 1. The zero-order chi connectivity index (χ0) is 16.7. The van der Waals surface area contributed by atoms with Gasteiger partial charge in [0.1, 0.15) is 0 Å². The Bertz CT molecular complexity index is 717. The second-order valence-corrected chi connectivity index (χ2v) is 7.75. The van der Waals surface area contributed by atoms with E-state index in [0.717, 1.165) is 5.92 Å². The van der Waals surface area contributed by atoms with Gasteiger partial charge in [0.25, 0.3) is 0 Å². The van der Waals surface area contributed by atoms with Crippen LogP contribution in [0.2, 0.25) is 0 Å². The second-order valence-electron chi connectivity index (χ2n) is 7.75. The van der Waals surface area contributed by atoms with E-state index in [9.17, 15) is 0 Å². The van der Waals surface area contributed by atoms with Gasteiger partial charge in [0.05, 0.1) is 6.04 Å². The first-order valence-electron chi connectivity index (χ1n) is 9.24. The molecule has 0 radical (unpaired) electrons. The van der Waals surface area contributed by atoms with Gasteiger partial charge in [0.15, 0.2) is 0 Å². The fraction of sp³-hybridized carbons (Fsp3) is 0.455. The predicted octanol–water partition coefficient (Wildman–Crippen LogP) is 4.25. The molecule has 0 bridgehead atoms. The number of fused-ring (bicyclic) bond motifs is 2. The maximum absolute atomic E-state index is 3.69. The number of piperidine rings is 1. The lowest BCUT2D eigenvalue weighted by Crippen LogP contribution is -2.41. The first-order chi connectivity index (χ1) is 11.6. The van der Waals surface area contributed by atoms with E-state index >= 15 is 0 Å². The predicted molar refractivity (Wildman–Crippen MR) is 102 cm³/mol. The topological polar surface area (TPSA) is 15.3 Å². The average molecular weight is 320 g/mol. The number of aryl methyl sites for hydroxylation is 1. The van der Waals surface area contributed by atoms with Crippen LogP contribution in [0.15, 0.2) is 48.2 Å². The molecular formula is C22H28N2. The highest BCUT2D eigenvalue weighted by molar-refractivity contribution is 5.73. The van der Waals surface area contributed by atoms with E-state index in [4.69, 9.17) is 0 Å². The van der Waals surface area contributed by atoms with Crippen LogP contribution in [0, 0.1) is 12.8 Å². The summed E-state index contributed by atoms with van der Waals surface area (Å²) in [6, 6.07) is 7.48. The number of rotatable bonds is 1. The van der Waals surface area contributed by atoms with Gasteiger partial charge in [-0.1, -0.05) is 35.9 Å². The maximum atomic E-state index is 3.69. The minimum atomic E-state index is 0.405. The summed E-state index contributed by atoms with van der Waals surface area (Å²) in [5.74, 6) is 1.30. The Kier molecular flexibility index (Phi) is 4.09. The molecule has 2 heteroatoms. The highest BCUT2D eigenvalue weighted by Crippen LogP contribution is 2.44. The van der Waals surface area contributed by atoms with Crippen molar-refractivity contribution in [3.8, 4) is 0 Å². The Morgan fingerprint density at radius 3 is 2.71 bits per heavy atom. The van der Waals surface area contributed by atoms with Crippen molar-refractivity contribution in [1.82, 2.24) is 10.2 Å². The van der Waals surface area contributed by atoms with Crippen LogP contribution in [0.5, 0.6) is 0 Å². The molecule has 1 aromatic rings.